The van der Waals surface area contributed by atoms with Crippen molar-refractivity contribution in [2.45, 2.75) is 30.3 Å². The Morgan fingerprint density at radius 3 is 2.83 bits per heavy atom. The van der Waals surface area contributed by atoms with Gasteiger partial charge in [0, 0.05) is 22.0 Å². The number of aromatic nitrogens is 1. The summed E-state index contributed by atoms with van der Waals surface area (Å²) in [4.78, 5) is 1.05. The lowest BCUT2D eigenvalue weighted by Crippen LogP contribution is -2.35. The number of rotatable bonds is 9. The lowest BCUT2D eigenvalue weighted by molar-refractivity contribution is 0.369. The number of piperidine rings is 1. The first-order valence-electron chi connectivity index (χ1n) is 11.8. The average molecular weight is 492 g/mol. The molecule has 0 unspecified atom stereocenters. The molecule has 1 aliphatic rings. The molecule has 182 valence electrons. The summed E-state index contributed by atoms with van der Waals surface area (Å²) < 4.78 is 20.9. The van der Waals surface area contributed by atoms with E-state index in [2.05, 4.69) is 39.9 Å². The molecule has 1 aliphatic heterocycles. The molecule has 8 heteroatoms. The summed E-state index contributed by atoms with van der Waals surface area (Å²) in [7, 11) is 0. The minimum Gasteiger partial charge on any atom is -0.477 e. The van der Waals surface area contributed by atoms with Crippen molar-refractivity contribution >= 4 is 34.0 Å². The van der Waals surface area contributed by atoms with Crippen molar-refractivity contribution in [2.75, 3.05) is 49.8 Å². The number of anilines is 2. The Labute approximate surface area is 210 Å². The number of aryl methyl sites for hydroxylation is 1. The molecule has 0 amide bonds. The summed E-state index contributed by atoms with van der Waals surface area (Å²) in [5, 5.41) is 20.3. The Kier molecular flexibility index (Phi) is 8.78. The van der Waals surface area contributed by atoms with Gasteiger partial charge in [-0.3, -0.25) is 0 Å². The van der Waals surface area contributed by atoms with Crippen LogP contribution < -0.4 is 20.7 Å². The zero-order chi connectivity index (χ0) is 24.5. The maximum Gasteiger partial charge on any atom is 0.174 e. The van der Waals surface area contributed by atoms with Crippen LogP contribution in [0, 0.1) is 23.2 Å². The number of halogens is 1. The van der Waals surface area contributed by atoms with Gasteiger partial charge in [0.15, 0.2) is 6.61 Å². The standard InChI is InChI=1S/C27H30FN5OS/c1-35-22-7-8-25(27(19-22)34-17-12-29)31-13-3-4-21-18-23-24(32-20-9-14-30-15-10-20)5-2-6-26(23)33(21)16-11-28/h2,5-8,18-20,30-32H,9-11,13-17H2,1H3. The lowest BCUT2D eigenvalue weighted by atomic mass is 10.1. The van der Waals surface area contributed by atoms with Crippen LogP contribution in [0.5, 0.6) is 5.75 Å². The van der Waals surface area contributed by atoms with Gasteiger partial charge in [0.2, 0.25) is 0 Å². The highest BCUT2D eigenvalue weighted by atomic mass is 32.2. The molecule has 2 heterocycles. The van der Waals surface area contributed by atoms with E-state index in [1.54, 1.807) is 11.8 Å². The van der Waals surface area contributed by atoms with E-state index in [9.17, 15) is 4.39 Å². The van der Waals surface area contributed by atoms with Crippen LogP contribution in [0.4, 0.5) is 15.8 Å². The quantitative estimate of drug-likeness (QED) is 0.293. The molecule has 1 saturated heterocycles. The molecule has 2 aromatic carbocycles. The molecule has 0 radical (unpaired) electrons. The summed E-state index contributed by atoms with van der Waals surface area (Å²) in [6.45, 7) is 2.21. The van der Waals surface area contributed by atoms with Crippen LogP contribution in [0.15, 0.2) is 47.4 Å². The van der Waals surface area contributed by atoms with Gasteiger partial charge in [-0.05, 0) is 74.5 Å². The number of hydrogen-bond acceptors (Lipinski definition) is 6. The van der Waals surface area contributed by atoms with Gasteiger partial charge in [0.05, 0.1) is 30.0 Å². The second-order valence-electron chi connectivity index (χ2n) is 8.24. The largest absolute Gasteiger partial charge is 0.477 e. The summed E-state index contributed by atoms with van der Waals surface area (Å²) in [5.41, 5.74) is 3.63. The summed E-state index contributed by atoms with van der Waals surface area (Å²) in [6, 6.07) is 16.4. The molecule has 0 bridgehead atoms. The van der Waals surface area contributed by atoms with Crippen molar-refractivity contribution < 1.29 is 9.13 Å². The number of ether oxygens (including phenoxy) is 1. The van der Waals surface area contributed by atoms with Gasteiger partial charge in [0.25, 0.3) is 0 Å². The second kappa shape index (κ2) is 12.4. The minimum absolute atomic E-state index is 0.0186. The molecule has 35 heavy (non-hydrogen) atoms. The molecule has 1 fully saturated rings. The Morgan fingerprint density at radius 2 is 2.06 bits per heavy atom. The van der Waals surface area contributed by atoms with E-state index in [1.807, 2.05) is 47.2 Å². The zero-order valence-corrected chi connectivity index (χ0v) is 20.7. The first kappa shape index (κ1) is 24.8. The Balaban J connectivity index is 1.54. The molecule has 0 aliphatic carbocycles. The highest BCUT2D eigenvalue weighted by Crippen LogP contribution is 2.30. The molecule has 0 spiro atoms. The first-order valence-corrected chi connectivity index (χ1v) is 13.0. The molecule has 3 aromatic rings. The normalized spacial score (nSPS) is 13.6. The summed E-state index contributed by atoms with van der Waals surface area (Å²) in [5.74, 6) is 7.01. The summed E-state index contributed by atoms with van der Waals surface area (Å²) in [6.07, 6.45) is 4.15. The number of fused-ring (bicyclic) bond motifs is 1. The maximum atomic E-state index is 13.4. The van der Waals surface area contributed by atoms with Gasteiger partial charge in [-0.2, -0.15) is 5.26 Å². The third-order valence-corrected chi connectivity index (χ3v) is 6.74. The SMILES string of the molecule is CSc1ccc(NCC#Cc2cc3c(NC4CCNCC4)cccc3n2CCF)c(OCC#N)c1. The highest BCUT2D eigenvalue weighted by Gasteiger charge is 2.16. The third-order valence-electron chi connectivity index (χ3n) is 6.02. The van der Waals surface area contributed by atoms with Crippen LogP contribution in [-0.4, -0.2) is 49.8 Å². The fourth-order valence-electron chi connectivity index (χ4n) is 4.30. The van der Waals surface area contributed by atoms with Crippen molar-refractivity contribution in [1.29, 1.82) is 5.26 Å². The van der Waals surface area contributed by atoms with Gasteiger partial charge < -0.3 is 25.3 Å². The smallest absolute Gasteiger partial charge is 0.174 e. The Bertz CT molecular complexity index is 1250. The molecule has 0 saturated carbocycles. The Hall–Kier alpha value is -3.33. The van der Waals surface area contributed by atoms with Crippen molar-refractivity contribution in [1.82, 2.24) is 9.88 Å². The predicted octanol–water partition coefficient (Wildman–Crippen LogP) is 4.86. The Morgan fingerprint density at radius 1 is 1.20 bits per heavy atom. The number of benzene rings is 2. The van der Waals surface area contributed by atoms with E-state index in [0.29, 0.717) is 18.3 Å². The zero-order valence-electron chi connectivity index (χ0n) is 19.9. The predicted molar refractivity (Wildman–Crippen MR) is 142 cm³/mol. The number of hydrogen-bond donors (Lipinski definition) is 3. The molecular formula is C27H30FN5OS. The van der Waals surface area contributed by atoms with Crippen LogP contribution in [0.2, 0.25) is 0 Å². The fraction of sp³-hybridized carbons (Fsp3) is 0.370. The lowest BCUT2D eigenvalue weighted by Gasteiger charge is -2.25. The van der Waals surface area contributed by atoms with E-state index >= 15 is 0 Å². The third kappa shape index (κ3) is 6.22. The molecule has 0 atom stereocenters. The van der Waals surface area contributed by atoms with Gasteiger partial charge >= 0.3 is 0 Å². The van der Waals surface area contributed by atoms with E-state index in [-0.39, 0.29) is 13.2 Å². The van der Waals surface area contributed by atoms with Crippen LogP contribution in [0.3, 0.4) is 0 Å². The van der Waals surface area contributed by atoms with Crippen molar-refractivity contribution in [3.8, 4) is 23.7 Å². The fourth-order valence-corrected chi connectivity index (χ4v) is 4.73. The minimum atomic E-state index is -0.454. The number of nitriles is 1. The second-order valence-corrected chi connectivity index (χ2v) is 9.12. The highest BCUT2D eigenvalue weighted by molar-refractivity contribution is 7.98. The molecule has 1 aromatic heterocycles. The van der Waals surface area contributed by atoms with E-state index < -0.39 is 6.67 Å². The molecule has 6 nitrogen and oxygen atoms in total. The van der Waals surface area contributed by atoms with Crippen molar-refractivity contribution in [3.63, 3.8) is 0 Å². The number of nitrogens with one attached hydrogen (secondary N) is 3. The molecule has 3 N–H and O–H groups in total. The first-order chi connectivity index (χ1) is 17.2. The van der Waals surface area contributed by atoms with Gasteiger partial charge in [0.1, 0.15) is 18.5 Å². The van der Waals surface area contributed by atoms with E-state index in [0.717, 1.165) is 58.8 Å². The monoisotopic (exact) mass is 491 g/mol. The van der Waals surface area contributed by atoms with Crippen LogP contribution in [0.25, 0.3) is 10.9 Å². The average Bonchev–Trinajstić information content (AvgIpc) is 3.25. The van der Waals surface area contributed by atoms with Gasteiger partial charge in [-0.1, -0.05) is 12.0 Å². The van der Waals surface area contributed by atoms with Gasteiger partial charge in [-0.25, -0.2) is 4.39 Å². The van der Waals surface area contributed by atoms with E-state index in [4.69, 9.17) is 10.00 Å². The topological polar surface area (TPSA) is 74.0 Å². The number of alkyl halides is 1. The van der Waals surface area contributed by atoms with Crippen LogP contribution in [0.1, 0.15) is 18.5 Å². The summed E-state index contributed by atoms with van der Waals surface area (Å²) >= 11 is 1.61. The maximum absolute atomic E-state index is 13.4. The van der Waals surface area contributed by atoms with Crippen molar-refractivity contribution in [3.05, 3.63) is 48.2 Å². The number of nitrogens with zero attached hydrogens (tertiary/aromatic N) is 2. The van der Waals surface area contributed by atoms with Gasteiger partial charge in [-0.15, -0.1) is 11.8 Å². The van der Waals surface area contributed by atoms with Crippen LogP contribution >= 0.6 is 11.8 Å². The van der Waals surface area contributed by atoms with Crippen LogP contribution in [-0.2, 0) is 6.54 Å². The van der Waals surface area contributed by atoms with Crippen molar-refractivity contribution in [2.24, 2.45) is 0 Å². The van der Waals surface area contributed by atoms with E-state index in [1.165, 1.54) is 0 Å². The number of thioether (sulfide) groups is 1. The molecular weight excluding hydrogens is 461 g/mol. The molecule has 4 rings (SSSR count).